The number of aldehydes is 2. The predicted octanol–water partition coefficient (Wildman–Crippen LogP) is 5.59. The van der Waals surface area contributed by atoms with Gasteiger partial charge in [0.15, 0.2) is 35.6 Å². The second-order valence-electron chi connectivity index (χ2n) is 15.8. The summed E-state index contributed by atoms with van der Waals surface area (Å²) in [5.41, 5.74) is 14.4. The Kier molecular flexibility index (Phi) is 17.2. The summed E-state index contributed by atoms with van der Waals surface area (Å²) < 4.78 is 29.4. The molecule has 6 aromatic rings. The molecule has 6 N–H and O–H groups in total. The summed E-state index contributed by atoms with van der Waals surface area (Å²) in [5.74, 6) is 10.6. The molecule has 0 saturated carbocycles. The van der Waals surface area contributed by atoms with E-state index in [4.69, 9.17) is 21.5 Å². The highest BCUT2D eigenvalue weighted by atomic mass is 79.9. The van der Waals surface area contributed by atoms with E-state index < -0.39 is 31.5 Å². The van der Waals surface area contributed by atoms with E-state index in [0.29, 0.717) is 64.9 Å². The monoisotopic (exact) mass is 1010 g/mol. The summed E-state index contributed by atoms with van der Waals surface area (Å²) in [6.45, 7) is -0.351. The summed E-state index contributed by atoms with van der Waals surface area (Å²) in [6.07, 6.45) is 5.26. The lowest BCUT2D eigenvalue weighted by Crippen LogP contribution is -2.41. The molecule has 14 nitrogen and oxygen atoms in total. The van der Waals surface area contributed by atoms with Gasteiger partial charge >= 0.3 is 7.12 Å². The number of carbonyl (C=O) groups is 4. The average Bonchev–Trinajstić information content (AvgIpc) is 4.12. The molecule has 0 radical (unpaired) electrons. The Morgan fingerprint density at radius 1 is 0.614 bits per heavy atom. The number of guanidine groups is 2. The zero-order valence-electron chi connectivity index (χ0n) is 38.2. The fourth-order valence-corrected chi connectivity index (χ4v) is 8.13. The van der Waals surface area contributed by atoms with Crippen molar-refractivity contribution in [1.82, 2.24) is 18.9 Å². The summed E-state index contributed by atoms with van der Waals surface area (Å²) in [7, 11) is 1.57. The Hall–Kier alpha value is -7.90. The maximum Gasteiger partial charge on any atom is 0.545 e. The number of amides is 2. The highest BCUT2D eigenvalue weighted by Crippen LogP contribution is 2.42. The molecule has 0 saturated heterocycles. The Morgan fingerprint density at radius 3 is 1.46 bits per heavy atom. The molecular formula is C52H48BBrF2N8O6. The number of hydrogen-bond donors (Lipinski definition) is 4. The van der Waals surface area contributed by atoms with E-state index in [1.807, 2.05) is 72.8 Å². The van der Waals surface area contributed by atoms with Gasteiger partial charge in [0.1, 0.15) is 0 Å². The molecular weight excluding hydrogens is 961 g/mol. The third-order valence-electron chi connectivity index (χ3n) is 11.2. The predicted molar refractivity (Wildman–Crippen MR) is 268 cm³/mol. The van der Waals surface area contributed by atoms with Crippen molar-refractivity contribution < 1.29 is 38.0 Å². The number of aliphatic imine (C=N–C) groups is 2. The number of carbonyl (C=O) groups excluding carboxylic acids is 4. The summed E-state index contributed by atoms with van der Waals surface area (Å²) in [4.78, 5) is 61.4. The first-order chi connectivity index (χ1) is 33.7. The number of aromatic nitrogens is 2. The minimum atomic E-state index is -1.55. The highest BCUT2D eigenvalue weighted by Gasteiger charge is 2.51. The van der Waals surface area contributed by atoms with E-state index in [2.05, 4.69) is 49.5 Å². The number of nitrogens with zero attached hydrogens (tertiary/aromatic N) is 6. The van der Waals surface area contributed by atoms with Crippen LogP contribution < -0.4 is 11.5 Å². The average molecular weight is 1010 g/mol. The van der Waals surface area contributed by atoms with E-state index in [0.717, 1.165) is 15.6 Å². The molecule has 18 heteroatoms. The van der Waals surface area contributed by atoms with Crippen LogP contribution in [-0.4, -0.2) is 99.9 Å². The molecule has 2 aliphatic heterocycles. The zero-order chi connectivity index (χ0) is 50.4. The summed E-state index contributed by atoms with van der Waals surface area (Å²) in [5, 5.41) is 16.8. The first kappa shape index (κ1) is 51.5. The molecule has 2 unspecified atom stereocenters. The van der Waals surface area contributed by atoms with Gasteiger partial charge in [0, 0.05) is 71.9 Å². The molecule has 356 valence electrons. The van der Waals surface area contributed by atoms with Crippen molar-refractivity contribution in [3.05, 3.63) is 189 Å². The lowest BCUT2D eigenvalue weighted by Gasteiger charge is -2.25. The van der Waals surface area contributed by atoms with Gasteiger partial charge in [-0.15, -0.1) is 0 Å². The van der Waals surface area contributed by atoms with E-state index in [-0.39, 0.29) is 36.6 Å². The number of benzene rings is 4. The van der Waals surface area contributed by atoms with E-state index >= 15 is 0 Å². The smallest absolute Gasteiger partial charge is 0.416 e. The number of nitrogens with two attached hydrogens (primary N) is 2. The normalized spacial score (nSPS) is 16.8. The molecule has 2 atom stereocenters. The standard InChI is InChI=1S/C26H23FN4O2.C18H18BrFN4O2.C8H7BO2/c1-30-24(33)26(29-25(30)28,22-16-23(18-32)31(17-22)14-6-13-27)21-10-5-9-20(15-21)12-11-19-7-3-2-4-8-19;1-23-16(26)18(22-17(23)21,12-4-2-5-14(19)8-12)13-9-15(11-25)24(10-13)7-3-6-20;10-9(11)7-6-8-4-2-1-3-5-8/h2-5,7-10,15-18H,6,13-14H2,1H3,(H2,28,29);2,4-5,8-11H,3,6-7H2,1H3,(H2,21,22);1-5,10-11H. The quantitative estimate of drug-likeness (QED) is 0.0690. The molecule has 2 amide bonds. The Labute approximate surface area is 412 Å². The molecule has 0 fully saturated rings. The van der Waals surface area contributed by atoms with Gasteiger partial charge in [-0.25, -0.2) is 9.98 Å². The van der Waals surface area contributed by atoms with E-state index in [1.165, 1.54) is 9.80 Å². The third-order valence-corrected chi connectivity index (χ3v) is 11.7. The topological polar surface area (TPSA) is 202 Å². The van der Waals surface area contributed by atoms with Crippen molar-refractivity contribution in [1.29, 1.82) is 0 Å². The van der Waals surface area contributed by atoms with Gasteiger partial charge in [-0.05, 0) is 84.6 Å². The summed E-state index contributed by atoms with van der Waals surface area (Å²) in [6, 6.07) is 36.5. The van der Waals surface area contributed by atoms with Crippen LogP contribution in [0.25, 0.3) is 0 Å². The van der Waals surface area contributed by atoms with Gasteiger partial charge in [0.25, 0.3) is 11.8 Å². The van der Waals surface area contributed by atoms with Crippen LogP contribution in [0.3, 0.4) is 0 Å². The van der Waals surface area contributed by atoms with Crippen molar-refractivity contribution in [2.45, 2.75) is 37.0 Å². The van der Waals surface area contributed by atoms with Crippen molar-refractivity contribution in [3.8, 4) is 23.6 Å². The molecule has 4 heterocycles. The van der Waals surface area contributed by atoms with Crippen LogP contribution in [0, 0.1) is 23.6 Å². The first-order valence-corrected chi connectivity index (χ1v) is 22.6. The van der Waals surface area contributed by atoms with Crippen molar-refractivity contribution in [2.24, 2.45) is 21.5 Å². The fraction of sp³-hybridized carbons (Fsp3) is 0.192. The number of rotatable bonds is 12. The first-order valence-electron chi connectivity index (χ1n) is 21.8. The van der Waals surface area contributed by atoms with Gasteiger partial charge in [-0.1, -0.05) is 100 Å². The molecule has 4 aromatic carbocycles. The number of aryl methyl sites for hydroxylation is 2. The molecule has 70 heavy (non-hydrogen) atoms. The van der Waals surface area contributed by atoms with Crippen LogP contribution in [0.5, 0.6) is 0 Å². The number of hydrogen-bond acceptors (Lipinski definition) is 10. The van der Waals surface area contributed by atoms with Crippen LogP contribution in [0.1, 0.15) is 72.8 Å². The summed E-state index contributed by atoms with van der Waals surface area (Å²) >= 11 is 3.42. The third kappa shape index (κ3) is 11.3. The van der Waals surface area contributed by atoms with Gasteiger partial charge in [0.05, 0.1) is 24.7 Å². The van der Waals surface area contributed by atoms with Crippen LogP contribution in [-0.2, 0) is 33.8 Å². The Morgan fingerprint density at radius 2 is 1.04 bits per heavy atom. The second kappa shape index (κ2) is 23.4. The SMILES string of the molecule is CN1C(=O)C(c2cccc(Br)c2)(c2cc(C=O)n(CCCF)c2)N=C1N.CN1C(=O)C(c2cccc(C#Cc3ccccc3)c2)(c2cc(C=O)n(CCCF)c2)N=C1N.OB(O)C#Cc1ccccc1. The van der Waals surface area contributed by atoms with Crippen LogP contribution >= 0.6 is 15.9 Å². The van der Waals surface area contributed by atoms with Crippen molar-refractivity contribution in [3.63, 3.8) is 0 Å². The minimum Gasteiger partial charge on any atom is -0.416 e. The number of halogens is 3. The number of likely N-dealkylation sites (N-methyl/N-ethyl adjacent to an activating group) is 2. The van der Waals surface area contributed by atoms with Gasteiger partial charge in [-0.2, -0.15) is 0 Å². The van der Waals surface area contributed by atoms with Gasteiger partial charge < -0.3 is 30.6 Å². The van der Waals surface area contributed by atoms with E-state index in [9.17, 15) is 28.0 Å². The lowest BCUT2D eigenvalue weighted by molar-refractivity contribution is -0.130. The van der Waals surface area contributed by atoms with E-state index in [1.54, 1.807) is 84.2 Å². The van der Waals surface area contributed by atoms with Crippen LogP contribution in [0.2, 0.25) is 0 Å². The lowest BCUT2D eigenvalue weighted by atomic mass is 9.83. The largest absolute Gasteiger partial charge is 0.545 e. The molecule has 8 rings (SSSR count). The van der Waals surface area contributed by atoms with Crippen molar-refractivity contribution >= 4 is 59.4 Å². The van der Waals surface area contributed by atoms with Crippen LogP contribution in [0.15, 0.2) is 148 Å². The maximum atomic E-state index is 13.5. The molecule has 0 bridgehead atoms. The van der Waals surface area contributed by atoms with Gasteiger partial charge in [-0.3, -0.25) is 37.8 Å². The second-order valence-corrected chi connectivity index (χ2v) is 16.7. The molecule has 0 aliphatic carbocycles. The zero-order valence-corrected chi connectivity index (χ0v) is 39.8. The molecule has 0 spiro atoms. The van der Waals surface area contributed by atoms with Gasteiger partial charge in [0.2, 0.25) is 0 Å². The van der Waals surface area contributed by atoms with Crippen LogP contribution in [0.4, 0.5) is 8.78 Å². The highest BCUT2D eigenvalue weighted by molar-refractivity contribution is 9.10. The molecule has 2 aliphatic rings. The van der Waals surface area contributed by atoms with Crippen molar-refractivity contribution in [2.75, 3.05) is 27.4 Å². The Balaban J connectivity index is 0.000000192. The molecule has 2 aromatic heterocycles. The Bertz CT molecular complexity index is 3050. The number of alkyl halides is 2. The maximum absolute atomic E-state index is 13.5. The minimum absolute atomic E-state index is 0.0740. The fourth-order valence-electron chi connectivity index (χ4n) is 7.73.